The fourth-order valence-corrected chi connectivity index (χ4v) is 1.38. The molecule has 1 aromatic carbocycles. The Balaban J connectivity index is 2.54. The fraction of sp³-hybridized carbons (Fsp3) is 0. The first-order chi connectivity index (χ1) is 7.16. The maximum atomic E-state index is 10.9. The minimum absolute atomic E-state index is 0.315. The van der Waals surface area contributed by atoms with Crippen molar-refractivity contribution in [3.05, 3.63) is 45.7 Å². The van der Waals surface area contributed by atoms with Crippen molar-refractivity contribution < 1.29 is 0 Å². The van der Waals surface area contributed by atoms with Crippen LogP contribution in [0.25, 0.3) is 11.3 Å². The average molecular weight is 222 g/mol. The van der Waals surface area contributed by atoms with Crippen LogP contribution >= 0.6 is 11.6 Å². The minimum atomic E-state index is -0.315. The van der Waals surface area contributed by atoms with Crippen molar-refractivity contribution in [3.63, 3.8) is 0 Å². The number of aromatic nitrogens is 2. The number of hydrogen-bond donors (Lipinski definition) is 2. The number of H-pyrrole nitrogens is 1. The topological polar surface area (TPSA) is 71.8 Å². The Labute approximate surface area is 90.7 Å². The second-order valence-corrected chi connectivity index (χ2v) is 3.48. The Morgan fingerprint density at radius 3 is 2.53 bits per heavy atom. The van der Waals surface area contributed by atoms with Crippen molar-refractivity contribution in [2.75, 3.05) is 5.73 Å². The number of rotatable bonds is 1. The van der Waals surface area contributed by atoms with Gasteiger partial charge in [-0.15, -0.1) is 0 Å². The van der Waals surface area contributed by atoms with E-state index in [1.54, 1.807) is 24.3 Å². The molecule has 0 amide bonds. The van der Waals surface area contributed by atoms with Gasteiger partial charge in [-0.3, -0.25) is 4.79 Å². The highest BCUT2D eigenvalue weighted by Crippen LogP contribution is 2.22. The lowest BCUT2D eigenvalue weighted by Crippen LogP contribution is -2.09. The van der Waals surface area contributed by atoms with E-state index in [0.29, 0.717) is 16.4 Å². The molecule has 0 bridgehead atoms. The zero-order valence-corrected chi connectivity index (χ0v) is 8.45. The molecule has 0 unspecified atom stereocenters. The van der Waals surface area contributed by atoms with Gasteiger partial charge in [0.1, 0.15) is 5.69 Å². The lowest BCUT2D eigenvalue weighted by atomic mass is 10.1. The van der Waals surface area contributed by atoms with Crippen molar-refractivity contribution in [1.82, 2.24) is 10.2 Å². The monoisotopic (exact) mass is 221 g/mol. The lowest BCUT2D eigenvalue weighted by molar-refractivity contribution is 0.998. The summed E-state index contributed by atoms with van der Waals surface area (Å²) in [4.78, 5) is 10.9. The van der Waals surface area contributed by atoms with E-state index < -0.39 is 0 Å². The molecule has 0 saturated carbocycles. The third-order valence-electron chi connectivity index (χ3n) is 1.96. The molecule has 1 aromatic heterocycles. The van der Waals surface area contributed by atoms with Gasteiger partial charge in [0, 0.05) is 16.7 Å². The molecule has 2 aromatic rings. The third-order valence-corrected chi connectivity index (χ3v) is 2.21. The summed E-state index contributed by atoms with van der Waals surface area (Å²) in [7, 11) is 0. The fourth-order valence-electron chi connectivity index (χ4n) is 1.26. The maximum absolute atomic E-state index is 10.9. The molecule has 1 heterocycles. The zero-order valence-electron chi connectivity index (χ0n) is 7.70. The molecule has 0 atom stereocenters. The SMILES string of the molecule is Nc1cc(=O)[nH]nc1-c1ccc(Cl)cc1. The predicted molar refractivity (Wildman–Crippen MR) is 59.7 cm³/mol. The van der Waals surface area contributed by atoms with Crippen LogP contribution in [-0.4, -0.2) is 10.2 Å². The van der Waals surface area contributed by atoms with Crippen LogP contribution in [-0.2, 0) is 0 Å². The smallest absolute Gasteiger partial charge is 0.266 e. The summed E-state index contributed by atoms with van der Waals surface area (Å²) < 4.78 is 0. The molecule has 0 fully saturated rings. The van der Waals surface area contributed by atoms with Crippen LogP contribution < -0.4 is 11.3 Å². The Bertz CT molecular complexity index is 533. The molecular weight excluding hydrogens is 214 g/mol. The van der Waals surface area contributed by atoms with E-state index in [1.807, 2.05) is 0 Å². The summed E-state index contributed by atoms with van der Waals surface area (Å²) in [5.74, 6) is 0. The molecule has 15 heavy (non-hydrogen) atoms. The molecule has 0 aliphatic heterocycles. The summed E-state index contributed by atoms with van der Waals surface area (Å²) in [6.45, 7) is 0. The zero-order chi connectivity index (χ0) is 10.8. The van der Waals surface area contributed by atoms with E-state index in [2.05, 4.69) is 10.2 Å². The van der Waals surface area contributed by atoms with Crippen LogP contribution in [0.1, 0.15) is 0 Å². The van der Waals surface area contributed by atoms with Gasteiger partial charge >= 0.3 is 0 Å². The molecule has 5 heteroatoms. The lowest BCUT2D eigenvalue weighted by Gasteiger charge is -2.02. The summed E-state index contributed by atoms with van der Waals surface area (Å²) in [5.41, 5.74) is 7.07. The highest BCUT2D eigenvalue weighted by molar-refractivity contribution is 6.30. The van der Waals surface area contributed by atoms with E-state index in [0.717, 1.165) is 5.56 Å². The molecule has 0 spiro atoms. The predicted octanol–water partition coefficient (Wildman–Crippen LogP) is 1.67. The van der Waals surface area contributed by atoms with Crippen LogP contribution in [0.4, 0.5) is 5.69 Å². The third kappa shape index (κ3) is 1.99. The number of nitrogen functional groups attached to an aromatic ring is 1. The molecule has 0 aliphatic carbocycles. The first kappa shape index (κ1) is 9.73. The van der Waals surface area contributed by atoms with Crippen LogP contribution in [0.3, 0.4) is 0 Å². The Morgan fingerprint density at radius 1 is 1.27 bits per heavy atom. The Hall–Kier alpha value is -1.81. The van der Waals surface area contributed by atoms with E-state index in [9.17, 15) is 4.79 Å². The number of benzene rings is 1. The van der Waals surface area contributed by atoms with Gasteiger partial charge in [0.2, 0.25) is 0 Å². The van der Waals surface area contributed by atoms with Crippen molar-refractivity contribution >= 4 is 17.3 Å². The number of nitrogens with two attached hydrogens (primary N) is 1. The first-order valence-electron chi connectivity index (χ1n) is 4.28. The molecule has 0 saturated heterocycles. The Morgan fingerprint density at radius 2 is 1.93 bits per heavy atom. The largest absolute Gasteiger partial charge is 0.397 e. The Kier molecular flexibility index (Phi) is 2.43. The van der Waals surface area contributed by atoms with Gasteiger partial charge in [-0.05, 0) is 12.1 Å². The van der Waals surface area contributed by atoms with Gasteiger partial charge in [-0.2, -0.15) is 5.10 Å². The van der Waals surface area contributed by atoms with Crippen molar-refractivity contribution in [1.29, 1.82) is 0 Å². The van der Waals surface area contributed by atoms with Gasteiger partial charge < -0.3 is 5.73 Å². The number of hydrogen-bond acceptors (Lipinski definition) is 3. The highest BCUT2D eigenvalue weighted by atomic mass is 35.5. The van der Waals surface area contributed by atoms with Crippen LogP contribution in [0.5, 0.6) is 0 Å². The summed E-state index contributed by atoms with van der Waals surface area (Å²) >= 11 is 5.75. The number of anilines is 1. The number of aromatic amines is 1. The summed E-state index contributed by atoms with van der Waals surface area (Å²) in [6.07, 6.45) is 0. The van der Waals surface area contributed by atoms with Gasteiger partial charge in [0.05, 0.1) is 5.69 Å². The normalized spacial score (nSPS) is 10.2. The van der Waals surface area contributed by atoms with E-state index >= 15 is 0 Å². The second kappa shape index (κ2) is 3.74. The summed E-state index contributed by atoms with van der Waals surface area (Å²) in [6, 6.07) is 8.36. The van der Waals surface area contributed by atoms with Crippen molar-refractivity contribution in [3.8, 4) is 11.3 Å². The molecule has 2 rings (SSSR count). The van der Waals surface area contributed by atoms with E-state index in [-0.39, 0.29) is 5.56 Å². The van der Waals surface area contributed by atoms with E-state index in [4.69, 9.17) is 17.3 Å². The standard InChI is InChI=1S/C10H8ClN3O/c11-7-3-1-6(2-4-7)10-8(12)5-9(15)13-14-10/h1-5H,(H3,12,13,15). The minimum Gasteiger partial charge on any atom is -0.397 e. The average Bonchev–Trinajstić information content (AvgIpc) is 2.20. The van der Waals surface area contributed by atoms with Crippen LogP contribution in [0.15, 0.2) is 35.1 Å². The van der Waals surface area contributed by atoms with Crippen molar-refractivity contribution in [2.24, 2.45) is 0 Å². The molecular formula is C10H8ClN3O. The number of nitrogens with one attached hydrogen (secondary N) is 1. The van der Waals surface area contributed by atoms with Gasteiger partial charge in [-0.25, -0.2) is 5.10 Å². The number of nitrogens with zero attached hydrogens (tertiary/aromatic N) is 1. The molecule has 3 N–H and O–H groups in total. The van der Waals surface area contributed by atoms with Gasteiger partial charge in [0.15, 0.2) is 0 Å². The van der Waals surface area contributed by atoms with Gasteiger partial charge in [0.25, 0.3) is 5.56 Å². The van der Waals surface area contributed by atoms with E-state index in [1.165, 1.54) is 6.07 Å². The maximum Gasteiger partial charge on any atom is 0.266 e. The van der Waals surface area contributed by atoms with Crippen LogP contribution in [0.2, 0.25) is 5.02 Å². The molecule has 76 valence electrons. The second-order valence-electron chi connectivity index (χ2n) is 3.04. The first-order valence-corrected chi connectivity index (χ1v) is 4.66. The van der Waals surface area contributed by atoms with Crippen LogP contribution in [0, 0.1) is 0 Å². The number of halogens is 1. The highest BCUT2D eigenvalue weighted by Gasteiger charge is 2.04. The summed E-state index contributed by atoms with van der Waals surface area (Å²) in [5, 5.41) is 6.85. The molecule has 4 nitrogen and oxygen atoms in total. The van der Waals surface area contributed by atoms with Crippen molar-refractivity contribution in [2.45, 2.75) is 0 Å². The molecule has 0 radical (unpaired) electrons. The molecule has 0 aliphatic rings. The van der Waals surface area contributed by atoms with Gasteiger partial charge in [-0.1, -0.05) is 23.7 Å². The quantitative estimate of drug-likeness (QED) is 0.770.